The van der Waals surface area contributed by atoms with E-state index in [0.717, 1.165) is 96.6 Å². The Labute approximate surface area is 261 Å². The number of nitrogens with zero attached hydrogens (tertiary/aromatic N) is 1. The second-order valence-electron chi connectivity index (χ2n) is 12.3. The summed E-state index contributed by atoms with van der Waals surface area (Å²) in [6.45, 7) is 10.0. The standard InChI is InChI=1S/C36H71NO5/c1-4-7-9-11-13-18-25-33-41-35(39)27-21-16-14-17-23-29-37(31-32-38)30-24-19-22-28-36(40)42-34(6-3)26-20-15-12-10-8-5-2/h34,38H,4-33H2,1-3H3. The molecule has 0 rings (SSSR count). The molecule has 0 aliphatic carbocycles. The first kappa shape index (κ1) is 40.9. The molecule has 0 aromatic rings. The van der Waals surface area contributed by atoms with E-state index >= 15 is 0 Å². The predicted molar refractivity (Wildman–Crippen MR) is 177 cm³/mol. The fourth-order valence-electron chi connectivity index (χ4n) is 5.45. The maximum Gasteiger partial charge on any atom is 0.306 e. The van der Waals surface area contributed by atoms with Gasteiger partial charge in [0.2, 0.25) is 0 Å². The van der Waals surface area contributed by atoms with Gasteiger partial charge in [-0.05, 0) is 64.5 Å². The van der Waals surface area contributed by atoms with Crippen LogP contribution in [0, 0.1) is 0 Å². The van der Waals surface area contributed by atoms with Gasteiger partial charge in [0, 0.05) is 19.4 Å². The molecule has 0 radical (unpaired) electrons. The van der Waals surface area contributed by atoms with E-state index in [2.05, 4.69) is 25.7 Å². The van der Waals surface area contributed by atoms with Crippen LogP contribution in [-0.2, 0) is 19.1 Å². The summed E-state index contributed by atoms with van der Waals surface area (Å²) in [5.74, 6) is -0.0804. The van der Waals surface area contributed by atoms with Crippen molar-refractivity contribution in [3.63, 3.8) is 0 Å². The number of hydrogen-bond acceptors (Lipinski definition) is 6. The van der Waals surface area contributed by atoms with Crippen LogP contribution >= 0.6 is 0 Å². The fraction of sp³-hybridized carbons (Fsp3) is 0.944. The lowest BCUT2D eigenvalue weighted by molar-refractivity contribution is -0.149. The largest absolute Gasteiger partial charge is 0.466 e. The molecule has 250 valence electrons. The Morgan fingerprint density at radius 3 is 1.62 bits per heavy atom. The fourth-order valence-corrected chi connectivity index (χ4v) is 5.45. The quantitative estimate of drug-likeness (QED) is 0.0600. The number of ether oxygens (including phenoxy) is 2. The smallest absolute Gasteiger partial charge is 0.306 e. The molecule has 0 fully saturated rings. The molecular formula is C36H71NO5. The minimum absolute atomic E-state index is 0.0401. The first-order chi connectivity index (χ1) is 20.6. The second-order valence-corrected chi connectivity index (χ2v) is 12.3. The van der Waals surface area contributed by atoms with E-state index in [4.69, 9.17) is 9.47 Å². The maximum atomic E-state index is 12.3. The summed E-state index contributed by atoms with van der Waals surface area (Å²) in [5, 5.41) is 9.45. The van der Waals surface area contributed by atoms with E-state index in [1.54, 1.807) is 0 Å². The number of carbonyl (C=O) groups is 2. The summed E-state index contributed by atoms with van der Waals surface area (Å²) >= 11 is 0. The average Bonchev–Trinajstić information content (AvgIpc) is 2.98. The molecule has 6 nitrogen and oxygen atoms in total. The molecule has 0 aromatic heterocycles. The van der Waals surface area contributed by atoms with E-state index in [-0.39, 0.29) is 24.6 Å². The summed E-state index contributed by atoms with van der Waals surface area (Å²) in [5.41, 5.74) is 0. The van der Waals surface area contributed by atoms with Crippen molar-refractivity contribution < 1.29 is 24.2 Å². The highest BCUT2D eigenvalue weighted by atomic mass is 16.5. The van der Waals surface area contributed by atoms with E-state index < -0.39 is 0 Å². The van der Waals surface area contributed by atoms with Crippen LogP contribution < -0.4 is 0 Å². The molecule has 1 N–H and O–H groups in total. The van der Waals surface area contributed by atoms with Gasteiger partial charge >= 0.3 is 11.9 Å². The zero-order valence-electron chi connectivity index (χ0n) is 28.3. The Morgan fingerprint density at radius 2 is 1.05 bits per heavy atom. The van der Waals surface area contributed by atoms with Crippen molar-refractivity contribution in [3.05, 3.63) is 0 Å². The van der Waals surface area contributed by atoms with Crippen molar-refractivity contribution in [2.45, 2.75) is 187 Å². The molecule has 0 aliphatic rings. The summed E-state index contributed by atoms with van der Waals surface area (Å²) in [6.07, 6.45) is 27.6. The van der Waals surface area contributed by atoms with Gasteiger partial charge in [-0.25, -0.2) is 0 Å². The normalized spacial score (nSPS) is 12.1. The number of hydrogen-bond donors (Lipinski definition) is 1. The van der Waals surface area contributed by atoms with Gasteiger partial charge in [0.05, 0.1) is 13.2 Å². The van der Waals surface area contributed by atoms with Gasteiger partial charge in [-0.2, -0.15) is 0 Å². The average molecular weight is 598 g/mol. The minimum atomic E-state index is -0.0403. The lowest BCUT2D eigenvalue weighted by Crippen LogP contribution is -2.29. The highest BCUT2D eigenvalue weighted by Crippen LogP contribution is 2.15. The van der Waals surface area contributed by atoms with Gasteiger partial charge in [-0.1, -0.05) is 117 Å². The number of esters is 2. The van der Waals surface area contributed by atoms with Crippen LogP contribution in [0.3, 0.4) is 0 Å². The highest BCUT2D eigenvalue weighted by molar-refractivity contribution is 5.69. The Bertz CT molecular complexity index is 585. The molecule has 0 saturated heterocycles. The first-order valence-electron chi connectivity index (χ1n) is 18.3. The molecule has 0 aromatic carbocycles. The van der Waals surface area contributed by atoms with Crippen LogP contribution in [0.15, 0.2) is 0 Å². The topological polar surface area (TPSA) is 76.1 Å². The highest BCUT2D eigenvalue weighted by Gasteiger charge is 2.12. The van der Waals surface area contributed by atoms with Crippen molar-refractivity contribution in [1.29, 1.82) is 0 Å². The minimum Gasteiger partial charge on any atom is -0.466 e. The first-order valence-corrected chi connectivity index (χ1v) is 18.3. The third kappa shape index (κ3) is 29.0. The number of unbranched alkanes of at least 4 members (excludes halogenated alkanes) is 17. The number of aliphatic hydroxyl groups is 1. The third-order valence-corrected chi connectivity index (χ3v) is 8.27. The van der Waals surface area contributed by atoms with E-state index in [1.165, 1.54) is 64.2 Å². The molecule has 0 bridgehead atoms. The molecular weight excluding hydrogens is 526 g/mol. The molecule has 0 spiro atoms. The summed E-state index contributed by atoms with van der Waals surface area (Å²) in [7, 11) is 0. The van der Waals surface area contributed by atoms with Crippen molar-refractivity contribution in [1.82, 2.24) is 4.90 Å². The van der Waals surface area contributed by atoms with Gasteiger partial charge in [-0.15, -0.1) is 0 Å². The van der Waals surface area contributed by atoms with Gasteiger partial charge < -0.3 is 19.5 Å². The van der Waals surface area contributed by atoms with Crippen molar-refractivity contribution in [2.24, 2.45) is 0 Å². The number of aliphatic hydroxyl groups excluding tert-OH is 1. The van der Waals surface area contributed by atoms with E-state index in [0.29, 0.717) is 26.0 Å². The van der Waals surface area contributed by atoms with E-state index in [9.17, 15) is 14.7 Å². The summed E-state index contributed by atoms with van der Waals surface area (Å²) in [4.78, 5) is 26.5. The molecule has 1 atom stereocenters. The van der Waals surface area contributed by atoms with Crippen LogP contribution in [0.4, 0.5) is 0 Å². The van der Waals surface area contributed by atoms with Crippen molar-refractivity contribution in [3.8, 4) is 0 Å². The van der Waals surface area contributed by atoms with Crippen LogP contribution in [0.1, 0.15) is 181 Å². The Hall–Kier alpha value is -1.14. The van der Waals surface area contributed by atoms with Crippen LogP contribution in [0.2, 0.25) is 0 Å². The molecule has 0 saturated carbocycles. The lowest BCUT2D eigenvalue weighted by atomic mass is 10.1. The van der Waals surface area contributed by atoms with Gasteiger partial charge in [0.1, 0.15) is 6.10 Å². The van der Waals surface area contributed by atoms with Gasteiger partial charge in [0.25, 0.3) is 0 Å². The molecule has 0 aliphatic heterocycles. The van der Waals surface area contributed by atoms with E-state index in [1.807, 2.05) is 0 Å². The lowest BCUT2D eigenvalue weighted by Gasteiger charge is -2.21. The number of rotatable bonds is 33. The SMILES string of the molecule is CCCCCCCCCOC(=O)CCCCCCCN(CCO)CCCCCC(=O)OC(CC)CCCCCCCC. The Balaban J connectivity index is 3.73. The molecule has 1 unspecified atom stereocenters. The summed E-state index contributed by atoms with van der Waals surface area (Å²) < 4.78 is 11.1. The third-order valence-electron chi connectivity index (χ3n) is 8.27. The Kier molecular flexibility index (Phi) is 31.9. The van der Waals surface area contributed by atoms with Crippen LogP contribution in [0.5, 0.6) is 0 Å². The summed E-state index contributed by atoms with van der Waals surface area (Å²) in [6, 6.07) is 0. The van der Waals surface area contributed by atoms with Crippen molar-refractivity contribution >= 4 is 11.9 Å². The number of carbonyl (C=O) groups excluding carboxylic acids is 2. The Morgan fingerprint density at radius 1 is 0.571 bits per heavy atom. The molecule has 0 heterocycles. The van der Waals surface area contributed by atoms with Gasteiger partial charge in [0.15, 0.2) is 0 Å². The zero-order valence-corrected chi connectivity index (χ0v) is 28.3. The monoisotopic (exact) mass is 598 g/mol. The molecule has 0 amide bonds. The molecule has 6 heteroatoms. The zero-order chi connectivity index (χ0) is 30.9. The predicted octanol–water partition coefficient (Wildman–Crippen LogP) is 9.55. The van der Waals surface area contributed by atoms with Crippen molar-refractivity contribution in [2.75, 3.05) is 32.8 Å². The molecule has 42 heavy (non-hydrogen) atoms. The van der Waals surface area contributed by atoms with Crippen LogP contribution in [-0.4, -0.2) is 60.9 Å². The maximum absolute atomic E-state index is 12.3. The second kappa shape index (κ2) is 32.8. The van der Waals surface area contributed by atoms with Crippen LogP contribution in [0.25, 0.3) is 0 Å². The van der Waals surface area contributed by atoms with Gasteiger partial charge in [-0.3, -0.25) is 9.59 Å².